The second kappa shape index (κ2) is 7.21. The Bertz CT molecular complexity index is 786. The first kappa shape index (κ1) is 16.7. The van der Waals surface area contributed by atoms with Gasteiger partial charge in [0.2, 0.25) is 6.79 Å². The number of benzene rings is 1. The Balaban J connectivity index is 1.39. The lowest BCUT2D eigenvalue weighted by Gasteiger charge is -2.34. The lowest BCUT2D eigenvalue weighted by molar-refractivity contribution is 0.102. The molecule has 136 valence electrons. The highest BCUT2D eigenvalue weighted by Crippen LogP contribution is 2.32. The molecule has 7 nitrogen and oxygen atoms in total. The van der Waals surface area contributed by atoms with E-state index in [4.69, 9.17) is 9.47 Å². The Labute approximate surface area is 152 Å². The van der Waals surface area contributed by atoms with Gasteiger partial charge >= 0.3 is 0 Å². The van der Waals surface area contributed by atoms with Crippen molar-refractivity contribution in [2.75, 3.05) is 49.7 Å². The van der Waals surface area contributed by atoms with Crippen LogP contribution in [0.1, 0.15) is 17.3 Å². The normalized spacial score (nSPS) is 16.6. The van der Waals surface area contributed by atoms with Crippen LogP contribution >= 0.6 is 0 Å². The summed E-state index contributed by atoms with van der Waals surface area (Å²) < 4.78 is 10.6. The zero-order valence-electron chi connectivity index (χ0n) is 14.8. The molecule has 3 heterocycles. The molecule has 1 aromatic carbocycles. The number of nitrogens with zero attached hydrogens (tertiary/aromatic N) is 3. The molecule has 26 heavy (non-hydrogen) atoms. The van der Waals surface area contributed by atoms with Crippen LogP contribution in [-0.2, 0) is 0 Å². The van der Waals surface area contributed by atoms with E-state index in [0.717, 1.165) is 38.5 Å². The van der Waals surface area contributed by atoms with Crippen LogP contribution in [0.5, 0.6) is 11.5 Å². The molecule has 2 aromatic rings. The monoisotopic (exact) mass is 354 g/mol. The Morgan fingerprint density at radius 1 is 1.12 bits per heavy atom. The van der Waals surface area contributed by atoms with Gasteiger partial charge in [-0.05, 0) is 36.9 Å². The van der Waals surface area contributed by atoms with E-state index in [1.165, 1.54) is 0 Å². The van der Waals surface area contributed by atoms with Gasteiger partial charge in [0.25, 0.3) is 5.91 Å². The number of amides is 1. The molecule has 4 rings (SSSR count). The minimum atomic E-state index is -0.200. The number of pyridine rings is 1. The third-order valence-corrected chi connectivity index (χ3v) is 4.78. The van der Waals surface area contributed by atoms with Gasteiger partial charge in [-0.1, -0.05) is 6.92 Å². The topological polar surface area (TPSA) is 66.9 Å². The average molecular weight is 354 g/mol. The fourth-order valence-electron chi connectivity index (χ4n) is 3.18. The number of carbonyl (C=O) groups excluding carboxylic acids is 1. The Kier molecular flexibility index (Phi) is 4.62. The van der Waals surface area contributed by atoms with Crippen LogP contribution in [0.25, 0.3) is 0 Å². The summed E-state index contributed by atoms with van der Waals surface area (Å²) in [4.78, 5) is 21.6. The molecule has 0 aliphatic carbocycles. The number of likely N-dealkylation sites (N-methyl/N-ethyl adjacent to an activating group) is 1. The fraction of sp³-hybridized carbons (Fsp3) is 0.368. The Hall–Kier alpha value is -2.80. The molecule has 0 saturated carbocycles. The van der Waals surface area contributed by atoms with E-state index < -0.39 is 0 Å². The van der Waals surface area contributed by atoms with Crippen LogP contribution in [0.2, 0.25) is 0 Å². The van der Waals surface area contributed by atoms with Crippen molar-refractivity contribution in [2.45, 2.75) is 6.92 Å². The standard InChI is InChI=1S/C19H22N4O3/c1-2-22-7-9-23(10-8-22)18-6-4-15(12-20-18)21-19(24)14-3-5-16-17(11-14)26-13-25-16/h3-6,11-12H,2,7-10,13H2,1H3,(H,21,24). The molecule has 1 aromatic heterocycles. The van der Waals surface area contributed by atoms with Gasteiger partial charge in [0.1, 0.15) is 5.82 Å². The number of fused-ring (bicyclic) bond motifs is 1. The number of ether oxygens (including phenoxy) is 2. The molecule has 1 saturated heterocycles. The lowest BCUT2D eigenvalue weighted by atomic mass is 10.2. The van der Waals surface area contributed by atoms with Gasteiger partial charge in [0, 0.05) is 31.7 Å². The molecule has 0 bridgehead atoms. The summed E-state index contributed by atoms with van der Waals surface area (Å²) in [6, 6.07) is 9.00. The largest absolute Gasteiger partial charge is 0.454 e. The first-order valence-corrected chi connectivity index (χ1v) is 8.87. The fourth-order valence-corrected chi connectivity index (χ4v) is 3.18. The van der Waals surface area contributed by atoms with Crippen LogP contribution < -0.4 is 19.7 Å². The molecular weight excluding hydrogens is 332 g/mol. The number of nitrogens with one attached hydrogen (secondary N) is 1. The number of piperazine rings is 1. The number of carbonyl (C=O) groups is 1. The molecule has 1 N–H and O–H groups in total. The number of rotatable bonds is 4. The Morgan fingerprint density at radius 3 is 2.65 bits per heavy atom. The summed E-state index contributed by atoms with van der Waals surface area (Å²) >= 11 is 0. The minimum absolute atomic E-state index is 0.193. The first-order valence-electron chi connectivity index (χ1n) is 8.87. The van der Waals surface area contributed by atoms with Crippen molar-refractivity contribution in [1.82, 2.24) is 9.88 Å². The summed E-state index contributed by atoms with van der Waals surface area (Å²) in [5, 5.41) is 2.87. The second-order valence-corrected chi connectivity index (χ2v) is 6.35. The van der Waals surface area contributed by atoms with Gasteiger partial charge in [-0.3, -0.25) is 4.79 Å². The van der Waals surface area contributed by atoms with Gasteiger partial charge in [0.05, 0.1) is 11.9 Å². The predicted molar refractivity (Wildman–Crippen MR) is 99.1 cm³/mol. The highest BCUT2D eigenvalue weighted by atomic mass is 16.7. The van der Waals surface area contributed by atoms with Gasteiger partial charge in [-0.2, -0.15) is 0 Å². The van der Waals surface area contributed by atoms with Gasteiger partial charge in [0.15, 0.2) is 11.5 Å². The van der Waals surface area contributed by atoms with Crippen LogP contribution in [0.15, 0.2) is 36.5 Å². The van der Waals surface area contributed by atoms with E-state index in [1.807, 2.05) is 12.1 Å². The molecule has 1 fully saturated rings. The smallest absolute Gasteiger partial charge is 0.255 e. The van der Waals surface area contributed by atoms with Crippen LogP contribution in [-0.4, -0.2) is 55.3 Å². The van der Waals surface area contributed by atoms with Crippen LogP contribution in [0.4, 0.5) is 11.5 Å². The van der Waals surface area contributed by atoms with Gasteiger partial charge in [-0.15, -0.1) is 0 Å². The van der Waals surface area contributed by atoms with E-state index in [0.29, 0.717) is 22.7 Å². The number of hydrogen-bond donors (Lipinski definition) is 1. The minimum Gasteiger partial charge on any atom is -0.454 e. The summed E-state index contributed by atoms with van der Waals surface area (Å²) in [7, 11) is 0. The molecule has 2 aliphatic rings. The molecule has 0 unspecified atom stereocenters. The first-order chi connectivity index (χ1) is 12.7. The summed E-state index contributed by atoms with van der Waals surface area (Å²) in [6.07, 6.45) is 1.70. The van der Waals surface area contributed by atoms with Crippen LogP contribution in [0, 0.1) is 0 Å². The van der Waals surface area contributed by atoms with Crippen molar-refractivity contribution in [2.24, 2.45) is 0 Å². The van der Waals surface area contributed by atoms with Gasteiger partial charge in [-0.25, -0.2) is 4.98 Å². The molecule has 2 aliphatic heterocycles. The summed E-state index contributed by atoms with van der Waals surface area (Å²) in [5.74, 6) is 2.00. The lowest BCUT2D eigenvalue weighted by Crippen LogP contribution is -2.46. The molecule has 0 radical (unpaired) electrons. The van der Waals surface area contributed by atoms with E-state index in [1.54, 1.807) is 24.4 Å². The van der Waals surface area contributed by atoms with Gasteiger partial charge < -0.3 is 24.6 Å². The molecular formula is C19H22N4O3. The molecule has 1 amide bonds. The van der Waals surface area contributed by atoms with E-state index in [-0.39, 0.29) is 12.7 Å². The maximum atomic E-state index is 12.4. The third-order valence-electron chi connectivity index (χ3n) is 4.78. The quantitative estimate of drug-likeness (QED) is 0.908. The zero-order chi connectivity index (χ0) is 17.9. The second-order valence-electron chi connectivity index (χ2n) is 6.35. The van der Waals surface area contributed by atoms with Crippen molar-refractivity contribution in [3.05, 3.63) is 42.1 Å². The molecule has 0 atom stereocenters. The third kappa shape index (κ3) is 3.43. The Morgan fingerprint density at radius 2 is 1.92 bits per heavy atom. The number of aromatic nitrogens is 1. The zero-order valence-corrected chi connectivity index (χ0v) is 14.8. The number of hydrogen-bond acceptors (Lipinski definition) is 6. The van der Waals surface area contributed by atoms with Crippen molar-refractivity contribution >= 4 is 17.4 Å². The highest BCUT2D eigenvalue weighted by molar-refractivity contribution is 6.04. The molecule has 7 heteroatoms. The van der Waals surface area contributed by atoms with Crippen LogP contribution in [0.3, 0.4) is 0 Å². The van der Waals surface area contributed by atoms with Crippen molar-refractivity contribution in [3.63, 3.8) is 0 Å². The highest BCUT2D eigenvalue weighted by Gasteiger charge is 2.18. The molecule has 0 spiro atoms. The van der Waals surface area contributed by atoms with E-state index in [9.17, 15) is 4.79 Å². The maximum absolute atomic E-state index is 12.4. The maximum Gasteiger partial charge on any atom is 0.255 e. The van der Waals surface area contributed by atoms with Crippen molar-refractivity contribution < 1.29 is 14.3 Å². The SMILES string of the molecule is CCN1CCN(c2ccc(NC(=O)c3ccc4c(c3)OCO4)cn2)CC1. The predicted octanol–water partition coefficient (Wildman–Crippen LogP) is 2.20. The summed E-state index contributed by atoms with van der Waals surface area (Å²) in [5.41, 5.74) is 1.19. The average Bonchev–Trinajstić information content (AvgIpc) is 3.16. The van der Waals surface area contributed by atoms with Crippen molar-refractivity contribution in [3.8, 4) is 11.5 Å². The van der Waals surface area contributed by atoms with Crippen molar-refractivity contribution in [1.29, 1.82) is 0 Å². The van der Waals surface area contributed by atoms with E-state index in [2.05, 4.69) is 27.0 Å². The number of anilines is 2. The van der Waals surface area contributed by atoms with E-state index >= 15 is 0 Å². The summed E-state index contributed by atoms with van der Waals surface area (Å²) in [6.45, 7) is 7.53.